The summed E-state index contributed by atoms with van der Waals surface area (Å²) in [7, 11) is 0. The lowest BCUT2D eigenvalue weighted by Crippen LogP contribution is -2.43. The molecule has 0 aliphatic carbocycles. The second-order valence-corrected chi connectivity index (χ2v) is 6.53. The number of carbonyl (C=O) groups excluding carboxylic acids is 2. The molecule has 0 aliphatic rings. The smallest absolute Gasteiger partial charge is 0.408 e. The van der Waals surface area contributed by atoms with Gasteiger partial charge in [0.05, 0.1) is 6.04 Å². The number of amides is 1. The normalized spacial score (nSPS) is 12.9. The van der Waals surface area contributed by atoms with E-state index in [0.29, 0.717) is 18.8 Å². The molecule has 0 aromatic rings. The fourth-order valence-corrected chi connectivity index (χ4v) is 1.64. The summed E-state index contributed by atoms with van der Waals surface area (Å²) in [5.41, 5.74) is -0.664. The van der Waals surface area contributed by atoms with Gasteiger partial charge in [-0.3, -0.25) is 9.59 Å². The molecular weight excluding hydrogens is 274 g/mol. The van der Waals surface area contributed by atoms with Crippen LogP contribution in [-0.2, 0) is 14.3 Å². The van der Waals surface area contributed by atoms with E-state index in [-0.39, 0.29) is 18.6 Å². The molecule has 0 fully saturated rings. The Morgan fingerprint density at radius 2 is 1.67 bits per heavy atom. The molecule has 0 saturated heterocycles. The molecule has 2 N–H and O–H groups in total. The van der Waals surface area contributed by atoms with Crippen LogP contribution in [0.15, 0.2) is 0 Å². The minimum Gasteiger partial charge on any atom is -0.481 e. The number of Topliss-reactive ketones (excluding diaryl/α,β-unsaturated/α-hetero) is 1. The SMILES string of the molecule is CC(C)CCC(=O)[C@@H](CCC(=O)O)NC(=O)OC(C)(C)C. The third-order valence-electron chi connectivity index (χ3n) is 2.69. The van der Waals surface area contributed by atoms with Crippen LogP contribution in [0.25, 0.3) is 0 Å². The number of carboxylic acids is 1. The predicted octanol–water partition coefficient (Wildman–Crippen LogP) is 2.75. The molecule has 1 atom stereocenters. The van der Waals surface area contributed by atoms with Crippen LogP contribution in [0.1, 0.15) is 60.3 Å². The molecule has 0 unspecified atom stereocenters. The van der Waals surface area contributed by atoms with Crippen LogP contribution in [0.5, 0.6) is 0 Å². The van der Waals surface area contributed by atoms with Gasteiger partial charge in [0.1, 0.15) is 5.60 Å². The van der Waals surface area contributed by atoms with Crippen LogP contribution in [-0.4, -0.2) is 34.6 Å². The Hall–Kier alpha value is -1.59. The van der Waals surface area contributed by atoms with E-state index in [1.54, 1.807) is 20.8 Å². The zero-order valence-electron chi connectivity index (χ0n) is 13.6. The van der Waals surface area contributed by atoms with Crippen molar-refractivity contribution < 1.29 is 24.2 Å². The number of aliphatic carboxylic acids is 1. The van der Waals surface area contributed by atoms with Crippen molar-refractivity contribution in [3.05, 3.63) is 0 Å². The number of hydrogen-bond donors (Lipinski definition) is 2. The topological polar surface area (TPSA) is 92.7 Å². The summed E-state index contributed by atoms with van der Waals surface area (Å²) in [6.07, 6.45) is 0.228. The van der Waals surface area contributed by atoms with Crippen LogP contribution < -0.4 is 5.32 Å². The number of carboxylic acid groups (broad SMARTS) is 1. The zero-order chi connectivity index (χ0) is 16.6. The van der Waals surface area contributed by atoms with Crippen LogP contribution in [0.2, 0.25) is 0 Å². The third kappa shape index (κ3) is 10.8. The number of ether oxygens (including phenoxy) is 1. The first kappa shape index (κ1) is 19.4. The lowest BCUT2D eigenvalue weighted by atomic mass is 9.99. The van der Waals surface area contributed by atoms with E-state index < -0.39 is 23.7 Å². The van der Waals surface area contributed by atoms with Crippen LogP contribution in [0, 0.1) is 5.92 Å². The molecule has 0 aromatic carbocycles. The summed E-state index contributed by atoms with van der Waals surface area (Å²) in [5.74, 6) is -0.783. The first-order chi connectivity index (χ1) is 9.51. The number of ketones is 1. The molecule has 0 bridgehead atoms. The largest absolute Gasteiger partial charge is 0.481 e. The van der Waals surface area contributed by atoms with E-state index in [0.717, 1.165) is 0 Å². The van der Waals surface area contributed by atoms with Gasteiger partial charge in [-0.2, -0.15) is 0 Å². The van der Waals surface area contributed by atoms with Gasteiger partial charge >= 0.3 is 12.1 Å². The number of hydrogen-bond acceptors (Lipinski definition) is 4. The van der Waals surface area contributed by atoms with Crippen molar-refractivity contribution in [2.75, 3.05) is 0 Å². The van der Waals surface area contributed by atoms with E-state index >= 15 is 0 Å². The Balaban J connectivity index is 4.61. The Labute approximate surface area is 126 Å². The average Bonchev–Trinajstić information content (AvgIpc) is 2.28. The van der Waals surface area contributed by atoms with E-state index in [1.165, 1.54) is 0 Å². The van der Waals surface area contributed by atoms with Gasteiger partial charge in [-0.1, -0.05) is 13.8 Å². The Kier molecular flexibility index (Phi) is 7.99. The Bertz CT molecular complexity index is 371. The minimum atomic E-state index is -0.998. The number of carbonyl (C=O) groups is 3. The molecule has 0 rings (SSSR count). The average molecular weight is 301 g/mol. The molecular formula is C15H27NO5. The van der Waals surface area contributed by atoms with Crippen molar-refractivity contribution in [3.8, 4) is 0 Å². The zero-order valence-corrected chi connectivity index (χ0v) is 13.6. The first-order valence-electron chi connectivity index (χ1n) is 7.25. The maximum absolute atomic E-state index is 12.1. The highest BCUT2D eigenvalue weighted by molar-refractivity contribution is 5.87. The van der Waals surface area contributed by atoms with Gasteiger partial charge < -0.3 is 15.2 Å². The molecule has 0 aliphatic heterocycles. The van der Waals surface area contributed by atoms with Gasteiger partial charge in [0.15, 0.2) is 5.78 Å². The highest BCUT2D eigenvalue weighted by atomic mass is 16.6. The molecule has 6 nitrogen and oxygen atoms in total. The molecule has 0 spiro atoms. The van der Waals surface area contributed by atoms with Crippen LogP contribution >= 0.6 is 0 Å². The quantitative estimate of drug-likeness (QED) is 0.719. The number of nitrogens with one attached hydrogen (secondary N) is 1. The summed E-state index contributed by atoms with van der Waals surface area (Å²) in [6.45, 7) is 9.17. The highest BCUT2D eigenvalue weighted by Crippen LogP contribution is 2.11. The van der Waals surface area contributed by atoms with Crippen molar-refractivity contribution in [1.82, 2.24) is 5.32 Å². The summed E-state index contributed by atoms with van der Waals surface area (Å²) in [5, 5.41) is 11.2. The van der Waals surface area contributed by atoms with Crippen molar-refractivity contribution in [3.63, 3.8) is 0 Å². The van der Waals surface area contributed by atoms with Crippen LogP contribution in [0.3, 0.4) is 0 Å². The second kappa shape index (κ2) is 8.64. The van der Waals surface area contributed by atoms with E-state index in [9.17, 15) is 14.4 Å². The van der Waals surface area contributed by atoms with Gasteiger partial charge in [-0.05, 0) is 39.5 Å². The molecule has 0 radical (unpaired) electrons. The summed E-state index contributed by atoms with van der Waals surface area (Å²) < 4.78 is 5.10. The van der Waals surface area contributed by atoms with E-state index in [2.05, 4.69) is 5.32 Å². The van der Waals surface area contributed by atoms with Crippen LogP contribution in [0.4, 0.5) is 4.79 Å². The maximum Gasteiger partial charge on any atom is 0.408 e. The van der Waals surface area contributed by atoms with E-state index in [4.69, 9.17) is 9.84 Å². The van der Waals surface area contributed by atoms with Gasteiger partial charge in [0, 0.05) is 12.8 Å². The summed E-state index contributed by atoms with van der Waals surface area (Å²) >= 11 is 0. The first-order valence-corrected chi connectivity index (χ1v) is 7.25. The molecule has 21 heavy (non-hydrogen) atoms. The second-order valence-electron chi connectivity index (χ2n) is 6.53. The monoisotopic (exact) mass is 301 g/mol. The summed E-state index contributed by atoms with van der Waals surface area (Å²) in [4.78, 5) is 34.5. The van der Waals surface area contributed by atoms with Crippen molar-refractivity contribution in [2.24, 2.45) is 5.92 Å². The predicted molar refractivity (Wildman–Crippen MR) is 79.1 cm³/mol. The fourth-order valence-electron chi connectivity index (χ4n) is 1.64. The fraction of sp³-hybridized carbons (Fsp3) is 0.800. The lowest BCUT2D eigenvalue weighted by Gasteiger charge is -2.23. The standard InChI is InChI=1S/C15H27NO5/c1-10(2)6-8-12(17)11(7-9-13(18)19)16-14(20)21-15(3,4)5/h10-11H,6-9H2,1-5H3,(H,16,20)(H,18,19)/t11-/m1/s1. The van der Waals surface area contributed by atoms with Gasteiger partial charge in [0.25, 0.3) is 0 Å². The lowest BCUT2D eigenvalue weighted by molar-refractivity contribution is -0.137. The van der Waals surface area contributed by atoms with Crippen molar-refractivity contribution in [2.45, 2.75) is 71.9 Å². The molecule has 1 amide bonds. The Morgan fingerprint density at radius 1 is 1.10 bits per heavy atom. The van der Waals surface area contributed by atoms with Crippen molar-refractivity contribution >= 4 is 17.8 Å². The van der Waals surface area contributed by atoms with E-state index in [1.807, 2.05) is 13.8 Å². The van der Waals surface area contributed by atoms with Crippen molar-refractivity contribution in [1.29, 1.82) is 0 Å². The molecule has 122 valence electrons. The van der Waals surface area contributed by atoms with Gasteiger partial charge in [-0.15, -0.1) is 0 Å². The summed E-state index contributed by atoms with van der Waals surface area (Å²) in [6, 6.07) is -0.810. The number of alkyl carbamates (subject to hydrolysis) is 1. The maximum atomic E-state index is 12.1. The van der Waals surface area contributed by atoms with Gasteiger partial charge in [-0.25, -0.2) is 4.79 Å². The van der Waals surface area contributed by atoms with Gasteiger partial charge in [0.2, 0.25) is 0 Å². The third-order valence-corrected chi connectivity index (χ3v) is 2.69. The number of rotatable bonds is 8. The Morgan fingerprint density at radius 3 is 2.10 bits per heavy atom. The molecule has 6 heteroatoms. The minimum absolute atomic E-state index is 0.0749. The molecule has 0 aromatic heterocycles. The highest BCUT2D eigenvalue weighted by Gasteiger charge is 2.24. The molecule has 0 heterocycles. The molecule has 0 saturated carbocycles.